The predicted octanol–water partition coefficient (Wildman–Crippen LogP) is 4.91. The fourth-order valence-electron chi connectivity index (χ4n) is 3.11. The Morgan fingerprint density at radius 1 is 0.944 bits per heavy atom. The van der Waals surface area contributed by atoms with Gasteiger partial charge in [-0.2, -0.15) is 0 Å². The van der Waals surface area contributed by atoms with Crippen LogP contribution >= 0.6 is 35.2 Å². The Morgan fingerprint density at radius 3 is 2.36 bits per heavy atom. The summed E-state index contributed by atoms with van der Waals surface area (Å²) >= 11 is 12.7. The topological polar surface area (TPSA) is 109 Å². The van der Waals surface area contributed by atoms with Crippen LogP contribution in [0.15, 0.2) is 60.7 Å². The molecule has 0 atom stereocenters. The summed E-state index contributed by atoms with van der Waals surface area (Å²) in [6.07, 6.45) is 0.534. The second kappa shape index (κ2) is 13.6. The number of nitrogens with one attached hydrogen (secondary N) is 4. The third-order valence-electron chi connectivity index (χ3n) is 4.77. The van der Waals surface area contributed by atoms with Crippen LogP contribution in [0.4, 0.5) is 10.7 Å². The lowest BCUT2D eigenvalue weighted by Gasteiger charge is -2.12. The molecular weight excluding hydrogens is 520 g/mol. The second-order valence-electron chi connectivity index (χ2n) is 7.49. The van der Waals surface area contributed by atoms with Crippen molar-refractivity contribution in [3.8, 4) is 0 Å². The van der Waals surface area contributed by atoms with Crippen LogP contribution in [0.1, 0.15) is 40.6 Å². The number of rotatable bonds is 9. The predicted molar refractivity (Wildman–Crippen MR) is 146 cm³/mol. The van der Waals surface area contributed by atoms with Gasteiger partial charge >= 0.3 is 5.97 Å². The highest BCUT2D eigenvalue weighted by atomic mass is 35.5. The maximum Gasteiger partial charge on any atom is 0.341 e. The maximum atomic E-state index is 12.4. The maximum absolute atomic E-state index is 12.4. The summed E-state index contributed by atoms with van der Waals surface area (Å²) in [7, 11) is 0. The van der Waals surface area contributed by atoms with Gasteiger partial charge in [-0.05, 0) is 42.9 Å². The highest BCUT2D eigenvalue weighted by molar-refractivity contribution is 7.80. The average Bonchev–Trinajstić information content (AvgIpc) is 3.25. The number of benzene rings is 2. The average molecular weight is 545 g/mol. The highest BCUT2D eigenvalue weighted by Crippen LogP contribution is 2.30. The van der Waals surface area contributed by atoms with Gasteiger partial charge in [-0.1, -0.05) is 54.1 Å². The molecule has 4 N–H and O–H groups in total. The SMILES string of the molecule is CCOC(=O)c1cc(Cc2ccccc2)sc1NC(=S)NNC(=O)CCC(=O)Nc1ccccc1Cl. The number of anilines is 2. The monoisotopic (exact) mass is 544 g/mol. The molecule has 36 heavy (non-hydrogen) atoms. The van der Waals surface area contributed by atoms with Crippen LogP contribution < -0.4 is 21.5 Å². The van der Waals surface area contributed by atoms with Crippen molar-refractivity contribution >= 4 is 68.7 Å². The summed E-state index contributed by atoms with van der Waals surface area (Å²) in [5.74, 6) is -1.25. The smallest absolute Gasteiger partial charge is 0.341 e. The Hall–Kier alpha value is -3.47. The largest absolute Gasteiger partial charge is 0.462 e. The summed E-state index contributed by atoms with van der Waals surface area (Å²) in [4.78, 5) is 37.6. The molecule has 0 saturated carbocycles. The van der Waals surface area contributed by atoms with Gasteiger partial charge in [0.25, 0.3) is 0 Å². The second-order valence-corrected chi connectivity index (χ2v) is 9.45. The summed E-state index contributed by atoms with van der Waals surface area (Å²) in [5.41, 5.74) is 6.98. The third kappa shape index (κ3) is 8.33. The molecule has 2 aromatic carbocycles. The third-order valence-corrected chi connectivity index (χ3v) is 6.35. The molecule has 0 aliphatic heterocycles. The van der Waals surface area contributed by atoms with Crippen molar-refractivity contribution in [1.82, 2.24) is 10.9 Å². The zero-order chi connectivity index (χ0) is 25.9. The van der Waals surface area contributed by atoms with Gasteiger partial charge in [-0.15, -0.1) is 11.3 Å². The Bertz CT molecular complexity index is 1230. The van der Waals surface area contributed by atoms with Crippen molar-refractivity contribution in [3.63, 3.8) is 0 Å². The van der Waals surface area contributed by atoms with Crippen molar-refractivity contribution in [1.29, 1.82) is 0 Å². The number of carbonyl (C=O) groups excluding carboxylic acids is 3. The van der Waals surface area contributed by atoms with Crippen LogP contribution in [-0.4, -0.2) is 29.5 Å². The number of thiocarbonyl (C=S) groups is 1. The lowest BCUT2D eigenvalue weighted by Crippen LogP contribution is -2.43. The number of ether oxygens (including phenoxy) is 1. The number of hydrogen-bond acceptors (Lipinski definition) is 6. The van der Waals surface area contributed by atoms with Gasteiger partial charge in [0.2, 0.25) is 11.8 Å². The van der Waals surface area contributed by atoms with Gasteiger partial charge in [-0.25, -0.2) is 4.79 Å². The van der Waals surface area contributed by atoms with E-state index in [0.29, 0.717) is 27.7 Å². The lowest BCUT2D eigenvalue weighted by atomic mass is 10.1. The van der Waals surface area contributed by atoms with E-state index in [2.05, 4.69) is 21.5 Å². The first-order valence-corrected chi connectivity index (χ1v) is 12.7. The summed E-state index contributed by atoms with van der Waals surface area (Å²) in [6, 6.07) is 18.5. The molecule has 11 heteroatoms. The number of para-hydroxylation sites is 1. The van der Waals surface area contributed by atoms with Crippen molar-refractivity contribution < 1.29 is 19.1 Å². The molecule has 188 valence electrons. The number of hydrogen-bond donors (Lipinski definition) is 4. The van der Waals surface area contributed by atoms with Gasteiger partial charge in [0, 0.05) is 24.1 Å². The zero-order valence-electron chi connectivity index (χ0n) is 19.4. The van der Waals surface area contributed by atoms with E-state index in [1.807, 2.05) is 30.3 Å². The van der Waals surface area contributed by atoms with E-state index in [1.165, 1.54) is 11.3 Å². The van der Waals surface area contributed by atoms with Crippen LogP contribution in [0, 0.1) is 0 Å². The molecule has 2 amide bonds. The number of amides is 2. The molecule has 1 heterocycles. The first-order chi connectivity index (χ1) is 17.4. The van der Waals surface area contributed by atoms with Crippen LogP contribution in [0.5, 0.6) is 0 Å². The Kier molecular flexibility index (Phi) is 10.2. The standard InChI is InChI=1S/C25H25ClN4O4S2/c1-2-34-24(33)18-15-17(14-16-8-4-3-5-9-16)36-23(18)28-25(35)30-29-22(32)13-12-21(31)27-20-11-7-6-10-19(20)26/h3-11,15H,2,12-14H2,1H3,(H,27,31)(H,29,32)(H2,28,30,35). The fourth-order valence-corrected chi connectivity index (χ4v) is 4.59. The summed E-state index contributed by atoms with van der Waals surface area (Å²) < 4.78 is 5.16. The van der Waals surface area contributed by atoms with Gasteiger partial charge in [-0.3, -0.25) is 20.4 Å². The summed E-state index contributed by atoms with van der Waals surface area (Å²) in [6.45, 7) is 1.98. The molecule has 0 aliphatic rings. The number of thiophene rings is 1. The van der Waals surface area contributed by atoms with E-state index in [-0.39, 0.29) is 30.5 Å². The van der Waals surface area contributed by atoms with Crippen LogP contribution in [0.2, 0.25) is 5.02 Å². The molecule has 0 fully saturated rings. The minimum atomic E-state index is -0.466. The first-order valence-electron chi connectivity index (χ1n) is 11.1. The number of esters is 1. The minimum absolute atomic E-state index is 0.0420. The van der Waals surface area contributed by atoms with Crippen molar-refractivity contribution in [3.05, 3.63) is 81.7 Å². The zero-order valence-corrected chi connectivity index (χ0v) is 21.8. The Balaban J connectivity index is 1.52. The van der Waals surface area contributed by atoms with E-state index in [4.69, 9.17) is 28.6 Å². The highest BCUT2D eigenvalue weighted by Gasteiger charge is 2.19. The van der Waals surface area contributed by atoms with E-state index >= 15 is 0 Å². The molecule has 1 aromatic heterocycles. The van der Waals surface area contributed by atoms with Crippen LogP contribution in [0.25, 0.3) is 0 Å². The van der Waals surface area contributed by atoms with Gasteiger partial charge < -0.3 is 15.4 Å². The van der Waals surface area contributed by atoms with Crippen molar-refractivity contribution in [2.45, 2.75) is 26.2 Å². The number of hydrazine groups is 1. The Labute approximate surface area is 223 Å². The lowest BCUT2D eigenvalue weighted by molar-refractivity contribution is -0.124. The molecule has 0 bridgehead atoms. The normalized spacial score (nSPS) is 10.3. The van der Waals surface area contributed by atoms with Crippen molar-refractivity contribution in [2.75, 3.05) is 17.2 Å². The number of halogens is 1. The molecular formula is C25H25ClN4O4S2. The first kappa shape index (κ1) is 27.1. The van der Waals surface area contributed by atoms with Crippen molar-refractivity contribution in [2.24, 2.45) is 0 Å². The Morgan fingerprint density at radius 2 is 1.64 bits per heavy atom. The van der Waals surface area contributed by atoms with E-state index in [0.717, 1.165) is 10.4 Å². The molecule has 8 nitrogen and oxygen atoms in total. The molecule has 0 radical (unpaired) electrons. The molecule has 0 unspecified atom stereocenters. The van der Waals surface area contributed by atoms with Gasteiger partial charge in [0.05, 0.1) is 22.9 Å². The minimum Gasteiger partial charge on any atom is -0.462 e. The molecule has 0 saturated heterocycles. The number of carbonyl (C=O) groups is 3. The fraction of sp³-hybridized carbons (Fsp3) is 0.200. The van der Waals surface area contributed by atoms with Crippen LogP contribution in [-0.2, 0) is 20.7 Å². The molecule has 3 rings (SSSR count). The van der Waals surface area contributed by atoms with E-state index in [1.54, 1.807) is 37.3 Å². The molecule has 0 aliphatic carbocycles. The molecule has 0 spiro atoms. The molecule has 3 aromatic rings. The summed E-state index contributed by atoms with van der Waals surface area (Å²) in [5, 5.41) is 6.61. The van der Waals surface area contributed by atoms with E-state index in [9.17, 15) is 14.4 Å². The quantitative estimate of drug-likeness (QED) is 0.172. The van der Waals surface area contributed by atoms with Gasteiger partial charge in [0.1, 0.15) is 5.00 Å². The van der Waals surface area contributed by atoms with Gasteiger partial charge in [0.15, 0.2) is 5.11 Å². The van der Waals surface area contributed by atoms with E-state index < -0.39 is 11.9 Å². The van der Waals surface area contributed by atoms with Crippen LogP contribution in [0.3, 0.4) is 0 Å².